The summed E-state index contributed by atoms with van der Waals surface area (Å²) < 4.78 is 6.45. The quantitative estimate of drug-likeness (QED) is 0.636. The van der Waals surface area contributed by atoms with E-state index in [1.54, 1.807) is 12.1 Å². The van der Waals surface area contributed by atoms with Crippen LogP contribution in [0.4, 0.5) is 5.69 Å². The summed E-state index contributed by atoms with van der Waals surface area (Å²) in [5.74, 6) is 0.359. The van der Waals surface area contributed by atoms with Gasteiger partial charge in [0.1, 0.15) is 6.10 Å². The molecule has 1 aliphatic heterocycles. The Morgan fingerprint density at radius 2 is 2.11 bits per heavy atom. The molecule has 6 heteroatoms. The van der Waals surface area contributed by atoms with Crippen LogP contribution in [0.25, 0.3) is 0 Å². The van der Waals surface area contributed by atoms with Crippen molar-refractivity contribution in [3.8, 4) is 5.75 Å². The van der Waals surface area contributed by atoms with Gasteiger partial charge in [-0.2, -0.15) is 0 Å². The molecule has 0 amide bonds. The number of hydrogen-bond acceptors (Lipinski definition) is 4. The van der Waals surface area contributed by atoms with Gasteiger partial charge in [-0.05, 0) is 32.0 Å². The molecule has 0 radical (unpaired) electrons. The van der Waals surface area contributed by atoms with Gasteiger partial charge >= 0.3 is 5.69 Å². The van der Waals surface area contributed by atoms with Crippen LogP contribution in [0, 0.1) is 10.1 Å². The molecule has 0 aliphatic carbocycles. The van der Waals surface area contributed by atoms with E-state index in [1.165, 1.54) is 6.07 Å². The lowest BCUT2D eigenvalue weighted by Gasteiger charge is -2.29. The van der Waals surface area contributed by atoms with Crippen molar-refractivity contribution in [2.75, 3.05) is 20.1 Å². The van der Waals surface area contributed by atoms with Crippen molar-refractivity contribution >= 4 is 21.6 Å². The standard InChI is InChI=1S/C12H15BrN2O3/c1-14-6-4-10(5-7-14)18-12-3-2-9(13)8-11(12)15(16)17/h2-3,8,10H,4-7H2,1H3. The molecule has 0 spiro atoms. The van der Waals surface area contributed by atoms with Gasteiger partial charge in [0.25, 0.3) is 0 Å². The highest BCUT2D eigenvalue weighted by molar-refractivity contribution is 9.10. The summed E-state index contributed by atoms with van der Waals surface area (Å²) in [6.45, 7) is 1.93. The third kappa shape index (κ3) is 3.20. The van der Waals surface area contributed by atoms with Gasteiger partial charge in [-0.1, -0.05) is 15.9 Å². The average molecular weight is 315 g/mol. The van der Waals surface area contributed by atoms with Crippen LogP contribution in [-0.2, 0) is 0 Å². The first-order valence-corrected chi connectivity index (χ1v) is 6.64. The molecule has 98 valence electrons. The molecule has 0 aromatic heterocycles. The van der Waals surface area contributed by atoms with Crippen molar-refractivity contribution in [1.29, 1.82) is 0 Å². The predicted octanol–water partition coefficient (Wildman–Crippen LogP) is 2.83. The Kier molecular flexibility index (Phi) is 4.19. The Balaban J connectivity index is 2.11. The fraction of sp³-hybridized carbons (Fsp3) is 0.500. The number of rotatable bonds is 3. The van der Waals surface area contributed by atoms with Crippen LogP contribution in [0.2, 0.25) is 0 Å². The van der Waals surface area contributed by atoms with E-state index in [9.17, 15) is 10.1 Å². The summed E-state index contributed by atoms with van der Waals surface area (Å²) in [6.07, 6.45) is 1.88. The summed E-state index contributed by atoms with van der Waals surface area (Å²) in [5, 5.41) is 11.0. The lowest BCUT2D eigenvalue weighted by Crippen LogP contribution is -2.35. The topological polar surface area (TPSA) is 55.6 Å². The summed E-state index contributed by atoms with van der Waals surface area (Å²) in [6, 6.07) is 4.89. The first kappa shape index (κ1) is 13.3. The van der Waals surface area contributed by atoms with Gasteiger partial charge < -0.3 is 9.64 Å². The van der Waals surface area contributed by atoms with E-state index in [1.807, 2.05) is 0 Å². The van der Waals surface area contributed by atoms with Crippen molar-refractivity contribution < 1.29 is 9.66 Å². The van der Waals surface area contributed by atoms with Crippen LogP contribution in [0.5, 0.6) is 5.75 Å². The number of nitro groups is 1. The maximum absolute atomic E-state index is 11.0. The smallest absolute Gasteiger partial charge is 0.312 e. The number of ether oxygens (including phenoxy) is 1. The second-order valence-corrected chi connectivity index (χ2v) is 5.41. The highest BCUT2D eigenvalue weighted by atomic mass is 79.9. The first-order valence-electron chi connectivity index (χ1n) is 5.85. The molecular formula is C12H15BrN2O3. The molecule has 1 aromatic rings. The predicted molar refractivity (Wildman–Crippen MR) is 71.9 cm³/mol. The van der Waals surface area contributed by atoms with E-state index < -0.39 is 4.92 Å². The highest BCUT2D eigenvalue weighted by Crippen LogP contribution is 2.32. The van der Waals surface area contributed by atoms with Crippen LogP contribution in [0.1, 0.15) is 12.8 Å². The molecule has 0 unspecified atom stereocenters. The Labute approximate surface area is 114 Å². The SMILES string of the molecule is CN1CCC(Oc2ccc(Br)cc2[N+](=O)[O-])CC1. The zero-order chi connectivity index (χ0) is 13.1. The molecule has 1 saturated heterocycles. The Morgan fingerprint density at radius 1 is 1.44 bits per heavy atom. The molecule has 5 nitrogen and oxygen atoms in total. The van der Waals surface area contributed by atoms with E-state index >= 15 is 0 Å². The zero-order valence-corrected chi connectivity index (χ0v) is 11.7. The van der Waals surface area contributed by atoms with Crippen LogP contribution < -0.4 is 4.74 Å². The van der Waals surface area contributed by atoms with E-state index in [2.05, 4.69) is 27.9 Å². The molecule has 2 rings (SSSR count). The zero-order valence-electron chi connectivity index (χ0n) is 10.1. The van der Waals surface area contributed by atoms with E-state index in [0.717, 1.165) is 25.9 Å². The minimum atomic E-state index is -0.408. The monoisotopic (exact) mass is 314 g/mol. The van der Waals surface area contributed by atoms with Gasteiger partial charge in [-0.15, -0.1) is 0 Å². The lowest BCUT2D eigenvalue weighted by molar-refractivity contribution is -0.386. The number of nitro benzene ring substituents is 1. The highest BCUT2D eigenvalue weighted by Gasteiger charge is 2.22. The third-order valence-corrected chi connectivity index (χ3v) is 3.57. The molecule has 1 fully saturated rings. The fourth-order valence-corrected chi connectivity index (χ4v) is 2.36. The maximum atomic E-state index is 11.0. The van der Waals surface area contributed by atoms with Gasteiger partial charge in [0.05, 0.1) is 4.92 Å². The van der Waals surface area contributed by atoms with Crippen LogP contribution in [-0.4, -0.2) is 36.1 Å². The van der Waals surface area contributed by atoms with Crippen LogP contribution >= 0.6 is 15.9 Å². The number of piperidine rings is 1. The van der Waals surface area contributed by atoms with Gasteiger partial charge in [0, 0.05) is 23.6 Å². The lowest BCUT2D eigenvalue weighted by atomic mass is 10.1. The second-order valence-electron chi connectivity index (χ2n) is 4.49. The van der Waals surface area contributed by atoms with E-state index in [0.29, 0.717) is 10.2 Å². The van der Waals surface area contributed by atoms with Crippen molar-refractivity contribution in [2.45, 2.75) is 18.9 Å². The number of halogens is 1. The molecule has 1 aromatic carbocycles. The van der Waals surface area contributed by atoms with Crippen molar-refractivity contribution in [3.63, 3.8) is 0 Å². The molecule has 0 N–H and O–H groups in total. The summed E-state index contributed by atoms with van der Waals surface area (Å²) >= 11 is 3.23. The van der Waals surface area contributed by atoms with Gasteiger partial charge in [0.15, 0.2) is 5.75 Å². The van der Waals surface area contributed by atoms with Gasteiger partial charge in [-0.3, -0.25) is 10.1 Å². The number of hydrogen-bond donors (Lipinski definition) is 0. The van der Waals surface area contributed by atoms with Crippen LogP contribution in [0.3, 0.4) is 0 Å². The molecule has 18 heavy (non-hydrogen) atoms. The Hall–Kier alpha value is -1.14. The van der Waals surface area contributed by atoms with Gasteiger partial charge in [-0.25, -0.2) is 0 Å². The first-order chi connectivity index (χ1) is 8.56. The summed E-state index contributed by atoms with van der Waals surface area (Å²) in [7, 11) is 2.07. The summed E-state index contributed by atoms with van der Waals surface area (Å²) in [4.78, 5) is 12.8. The van der Waals surface area contributed by atoms with E-state index in [-0.39, 0.29) is 11.8 Å². The molecule has 0 bridgehead atoms. The number of likely N-dealkylation sites (tertiary alicyclic amines) is 1. The minimum absolute atomic E-state index is 0.0169. The van der Waals surface area contributed by atoms with Gasteiger partial charge in [0.2, 0.25) is 0 Å². The number of benzene rings is 1. The van der Waals surface area contributed by atoms with Crippen molar-refractivity contribution in [1.82, 2.24) is 4.90 Å². The van der Waals surface area contributed by atoms with Crippen molar-refractivity contribution in [2.24, 2.45) is 0 Å². The number of nitrogens with zero attached hydrogens (tertiary/aromatic N) is 2. The normalized spacial score (nSPS) is 17.7. The third-order valence-electron chi connectivity index (χ3n) is 3.08. The Morgan fingerprint density at radius 3 is 2.72 bits per heavy atom. The van der Waals surface area contributed by atoms with Crippen molar-refractivity contribution in [3.05, 3.63) is 32.8 Å². The molecule has 0 atom stereocenters. The molecule has 1 aliphatic rings. The maximum Gasteiger partial charge on any atom is 0.312 e. The average Bonchev–Trinajstić information content (AvgIpc) is 2.34. The Bertz CT molecular complexity index is 445. The molecule has 1 heterocycles. The minimum Gasteiger partial charge on any atom is -0.483 e. The molecular weight excluding hydrogens is 300 g/mol. The summed E-state index contributed by atoms with van der Waals surface area (Å²) in [5.41, 5.74) is 0.0169. The largest absolute Gasteiger partial charge is 0.483 e. The van der Waals surface area contributed by atoms with Crippen LogP contribution in [0.15, 0.2) is 22.7 Å². The second kappa shape index (κ2) is 5.67. The molecule has 0 saturated carbocycles. The van der Waals surface area contributed by atoms with E-state index in [4.69, 9.17) is 4.74 Å². The fourth-order valence-electron chi connectivity index (χ4n) is 2.02.